The maximum Gasteiger partial charge on any atom is 0.277 e. The van der Waals surface area contributed by atoms with Gasteiger partial charge in [-0.25, -0.2) is 10.1 Å². The molecular formula is C31H25ClN4O3. The number of para-hydroxylation sites is 1. The monoisotopic (exact) mass is 536 g/mol. The predicted molar refractivity (Wildman–Crippen MR) is 152 cm³/mol. The van der Waals surface area contributed by atoms with Crippen LogP contribution < -0.4 is 14.9 Å². The Morgan fingerprint density at radius 3 is 2.36 bits per heavy atom. The second-order valence-corrected chi connectivity index (χ2v) is 8.99. The third-order valence-electron chi connectivity index (χ3n) is 5.70. The van der Waals surface area contributed by atoms with Crippen molar-refractivity contribution in [1.29, 1.82) is 0 Å². The van der Waals surface area contributed by atoms with Crippen LogP contribution in [-0.2, 0) is 11.4 Å². The van der Waals surface area contributed by atoms with E-state index in [1.165, 1.54) is 0 Å². The Morgan fingerprint density at radius 2 is 1.62 bits per heavy atom. The molecule has 5 aromatic rings. The quantitative estimate of drug-likeness (QED) is 0.168. The summed E-state index contributed by atoms with van der Waals surface area (Å²) in [5.41, 5.74) is 6.82. The maximum absolute atomic E-state index is 12.3. The van der Waals surface area contributed by atoms with Crippen molar-refractivity contribution in [2.75, 3.05) is 6.61 Å². The molecule has 0 aliphatic carbocycles. The number of carbonyl (C=O) groups is 1. The van der Waals surface area contributed by atoms with E-state index in [2.05, 4.69) is 10.5 Å². The molecule has 0 bridgehead atoms. The summed E-state index contributed by atoms with van der Waals surface area (Å²) >= 11 is 5.95. The van der Waals surface area contributed by atoms with Gasteiger partial charge in [-0.05, 0) is 60.2 Å². The number of halogens is 1. The first-order chi connectivity index (χ1) is 19.1. The van der Waals surface area contributed by atoms with E-state index in [4.69, 9.17) is 26.2 Å². The molecule has 194 valence electrons. The molecule has 0 aliphatic rings. The lowest BCUT2D eigenvalue weighted by Crippen LogP contribution is -2.24. The third-order valence-corrected chi connectivity index (χ3v) is 5.93. The SMILES string of the molecule is O=C(COc1cccc(Cl)c1)NN=Cc1cn(-c2ccccc2)nc1-c1ccc(OCc2ccccc2)cc1. The molecule has 0 aliphatic heterocycles. The summed E-state index contributed by atoms with van der Waals surface area (Å²) in [6.45, 7) is 0.291. The molecule has 1 amide bonds. The minimum atomic E-state index is -0.400. The van der Waals surface area contributed by atoms with Gasteiger partial charge in [0.1, 0.15) is 23.8 Å². The number of carbonyl (C=O) groups excluding carboxylic acids is 1. The third kappa shape index (κ3) is 7.12. The van der Waals surface area contributed by atoms with Gasteiger partial charge in [-0.1, -0.05) is 66.2 Å². The molecule has 0 spiro atoms. The zero-order valence-corrected chi connectivity index (χ0v) is 21.7. The van der Waals surface area contributed by atoms with Crippen molar-refractivity contribution >= 4 is 23.7 Å². The van der Waals surface area contributed by atoms with Crippen LogP contribution in [0.4, 0.5) is 0 Å². The van der Waals surface area contributed by atoms with E-state index in [1.807, 2.05) is 91.1 Å². The molecule has 0 saturated heterocycles. The Balaban J connectivity index is 1.29. The standard InChI is InChI=1S/C31H25ClN4O3/c32-26-10-7-13-29(18-26)39-22-30(37)34-33-19-25-20-36(27-11-5-2-6-12-27)35-31(25)24-14-16-28(17-15-24)38-21-23-8-3-1-4-9-23/h1-20H,21-22H2,(H,34,37). The minimum absolute atomic E-state index is 0.196. The van der Waals surface area contributed by atoms with Gasteiger partial charge < -0.3 is 9.47 Å². The molecule has 8 heteroatoms. The topological polar surface area (TPSA) is 77.7 Å². The number of hydrogen-bond donors (Lipinski definition) is 1. The zero-order chi connectivity index (χ0) is 26.9. The van der Waals surface area contributed by atoms with Gasteiger partial charge >= 0.3 is 0 Å². The van der Waals surface area contributed by atoms with E-state index in [0.29, 0.717) is 23.1 Å². The molecule has 0 unspecified atom stereocenters. The van der Waals surface area contributed by atoms with Crippen LogP contribution in [0, 0.1) is 0 Å². The average molecular weight is 537 g/mol. The summed E-state index contributed by atoms with van der Waals surface area (Å²) in [5, 5.41) is 9.46. The highest BCUT2D eigenvalue weighted by Crippen LogP contribution is 2.25. The molecule has 1 heterocycles. The van der Waals surface area contributed by atoms with E-state index >= 15 is 0 Å². The Labute approximate surface area is 231 Å². The number of rotatable bonds is 10. The Bertz CT molecular complexity index is 1550. The lowest BCUT2D eigenvalue weighted by molar-refractivity contribution is -0.123. The van der Waals surface area contributed by atoms with Gasteiger partial charge in [-0.3, -0.25) is 4.79 Å². The lowest BCUT2D eigenvalue weighted by atomic mass is 10.1. The number of benzene rings is 4. The first kappa shape index (κ1) is 25.8. The van der Waals surface area contributed by atoms with Crippen LogP contribution in [0.25, 0.3) is 16.9 Å². The van der Waals surface area contributed by atoms with Crippen LogP contribution in [0.15, 0.2) is 120 Å². The Hall–Kier alpha value is -4.88. The highest BCUT2D eigenvalue weighted by atomic mass is 35.5. The molecular weight excluding hydrogens is 512 g/mol. The second-order valence-electron chi connectivity index (χ2n) is 8.55. The number of nitrogens with one attached hydrogen (secondary N) is 1. The fraction of sp³-hybridized carbons (Fsp3) is 0.0645. The molecule has 0 radical (unpaired) electrons. The fourth-order valence-electron chi connectivity index (χ4n) is 3.78. The zero-order valence-electron chi connectivity index (χ0n) is 20.9. The van der Waals surface area contributed by atoms with Crippen molar-refractivity contribution in [2.45, 2.75) is 6.61 Å². The van der Waals surface area contributed by atoms with Crippen molar-refractivity contribution in [3.05, 3.63) is 132 Å². The van der Waals surface area contributed by atoms with Crippen molar-refractivity contribution in [1.82, 2.24) is 15.2 Å². The van der Waals surface area contributed by atoms with E-state index in [0.717, 1.165) is 28.1 Å². The summed E-state index contributed by atoms with van der Waals surface area (Å²) in [7, 11) is 0. The molecule has 0 fully saturated rings. The fourth-order valence-corrected chi connectivity index (χ4v) is 3.96. The number of ether oxygens (including phenoxy) is 2. The van der Waals surface area contributed by atoms with Crippen LogP contribution >= 0.6 is 11.6 Å². The van der Waals surface area contributed by atoms with Gasteiger partial charge in [0.15, 0.2) is 6.61 Å². The van der Waals surface area contributed by atoms with Gasteiger partial charge in [0.2, 0.25) is 0 Å². The number of amides is 1. The van der Waals surface area contributed by atoms with Crippen LogP contribution in [-0.4, -0.2) is 28.5 Å². The predicted octanol–water partition coefficient (Wildman–Crippen LogP) is 6.30. The van der Waals surface area contributed by atoms with E-state index in [1.54, 1.807) is 35.2 Å². The second kappa shape index (κ2) is 12.6. The van der Waals surface area contributed by atoms with Gasteiger partial charge in [0, 0.05) is 22.3 Å². The van der Waals surface area contributed by atoms with E-state index < -0.39 is 5.91 Å². The molecule has 1 N–H and O–H groups in total. The maximum atomic E-state index is 12.3. The average Bonchev–Trinajstić information content (AvgIpc) is 3.40. The highest BCUT2D eigenvalue weighted by molar-refractivity contribution is 6.30. The molecule has 0 atom stereocenters. The number of nitrogens with zero attached hydrogens (tertiary/aromatic N) is 3. The van der Waals surface area contributed by atoms with E-state index in [9.17, 15) is 4.79 Å². The Morgan fingerprint density at radius 1 is 0.872 bits per heavy atom. The number of hydrogen-bond acceptors (Lipinski definition) is 5. The summed E-state index contributed by atoms with van der Waals surface area (Å²) in [5.74, 6) is 0.861. The molecule has 4 aromatic carbocycles. The van der Waals surface area contributed by atoms with Crippen LogP contribution in [0.2, 0.25) is 5.02 Å². The molecule has 5 rings (SSSR count). The summed E-state index contributed by atoms with van der Waals surface area (Å²) < 4.78 is 13.2. The summed E-state index contributed by atoms with van der Waals surface area (Å²) in [6.07, 6.45) is 3.43. The number of hydrazone groups is 1. The normalized spacial score (nSPS) is 10.9. The molecule has 1 aromatic heterocycles. The minimum Gasteiger partial charge on any atom is -0.489 e. The Kier molecular flexibility index (Phi) is 8.31. The van der Waals surface area contributed by atoms with Gasteiger partial charge in [0.25, 0.3) is 5.91 Å². The summed E-state index contributed by atoms with van der Waals surface area (Å²) in [4.78, 5) is 12.3. The van der Waals surface area contributed by atoms with Crippen molar-refractivity contribution < 1.29 is 14.3 Å². The van der Waals surface area contributed by atoms with Crippen molar-refractivity contribution in [3.63, 3.8) is 0 Å². The van der Waals surface area contributed by atoms with Crippen LogP contribution in [0.3, 0.4) is 0 Å². The molecule has 7 nitrogen and oxygen atoms in total. The van der Waals surface area contributed by atoms with Gasteiger partial charge in [-0.2, -0.15) is 10.2 Å². The van der Waals surface area contributed by atoms with Gasteiger partial charge in [-0.15, -0.1) is 0 Å². The van der Waals surface area contributed by atoms with Crippen LogP contribution in [0.1, 0.15) is 11.1 Å². The summed E-state index contributed by atoms with van der Waals surface area (Å²) in [6, 6.07) is 34.4. The van der Waals surface area contributed by atoms with Crippen molar-refractivity contribution in [3.8, 4) is 28.4 Å². The highest BCUT2D eigenvalue weighted by Gasteiger charge is 2.12. The molecule has 0 saturated carbocycles. The van der Waals surface area contributed by atoms with Crippen molar-refractivity contribution in [2.24, 2.45) is 5.10 Å². The van der Waals surface area contributed by atoms with Gasteiger partial charge in [0.05, 0.1) is 11.9 Å². The number of aromatic nitrogens is 2. The molecule has 39 heavy (non-hydrogen) atoms. The van der Waals surface area contributed by atoms with E-state index in [-0.39, 0.29) is 6.61 Å². The lowest BCUT2D eigenvalue weighted by Gasteiger charge is -2.07. The largest absolute Gasteiger partial charge is 0.489 e. The smallest absolute Gasteiger partial charge is 0.277 e. The van der Waals surface area contributed by atoms with Crippen LogP contribution in [0.5, 0.6) is 11.5 Å². The first-order valence-electron chi connectivity index (χ1n) is 12.3. The first-order valence-corrected chi connectivity index (χ1v) is 12.6.